The van der Waals surface area contributed by atoms with Crippen LogP contribution < -0.4 is 4.74 Å². The number of aliphatic hydroxyl groups is 1. The van der Waals surface area contributed by atoms with Crippen LogP contribution in [0.4, 0.5) is 0 Å². The summed E-state index contributed by atoms with van der Waals surface area (Å²) in [5, 5.41) is 9.68. The number of hydrogen-bond acceptors (Lipinski definition) is 3. The van der Waals surface area contributed by atoms with Crippen LogP contribution in [0.2, 0.25) is 5.02 Å². The molecule has 1 N–H and O–H groups in total. The van der Waals surface area contributed by atoms with E-state index in [1.165, 1.54) is 0 Å². The number of aliphatic hydroxyl groups excluding tert-OH is 1. The maximum atomic E-state index is 9.09. The Kier molecular flexibility index (Phi) is 4.77. The molecule has 0 aliphatic carbocycles. The lowest BCUT2D eigenvalue weighted by atomic mass is 10.0. The smallest absolute Gasteiger partial charge is 0.150 e. The maximum absolute atomic E-state index is 9.09. The first-order valence-corrected chi connectivity index (χ1v) is 6.26. The second-order valence-corrected chi connectivity index (χ2v) is 4.58. The van der Waals surface area contributed by atoms with E-state index in [1.807, 2.05) is 25.3 Å². The summed E-state index contributed by atoms with van der Waals surface area (Å²) in [7, 11) is 1.61. The molecule has 1 unspecified atom stereocenters. The molecular weight excluding hydrogens is 232 g/mol. The van der Waals surface area contributed by atoms with Crippen molar-refractivity contribution in [3.05, 3.63) is 22.7 Å². The van der Waals surface area contributed by atoms with Gasteiger partial charge in [0.25, 0.3) is 0 Å². The number of ether oxygens (including phenoxy) is 1. The molecule has 0 saturated heterocycles. The van der Waals surface area contributed by atoms with E-state index in [-0.39, 0.29) is 12.5 Å². The van der Waals surface area contributed by atoms with E-state index in [0.717, 1.165) is 10.5 Å². The summed E-state index contributed by atoms with van der Waals surface area (Å²) in [6.07, 6.45) is 1.97. The molecule has 1 aromatic carbocycles. The zero-order chi connectivity index (χ0) is 11.4. The molecule has 84 valence electrons. The number of methoxy groups -OCH3 is 1. The number of halogens is 1. The molecule has 1 rings (SSSR count). The number of thioether (sulfide) groups is 1. The van der Waals surface area contributed by atoms with Crippen LogP contribution >= 0.6 is 23.4 Å². The minimum absolute atomic E-state index is 0.0966. The van der Waals surface area contributed by atoms with E-state index in [9.17, 15) is 0 Å². The molecule has 0 saturated carbocycles. The standard InChI is InChI=1S/C11H15ClO2S/c1-7(6-13)8-4-9(12)11(14-2)10(5-8)15-3/h4-5,7,13H,6H2,1-3H3. The van der Waals surface area contributed by atoms with Gasteiger partial charge in [0, 0.05) is 12.5 Å². The van der Waals surface area contributed by atoms with Crippen molar-refractivity contribution < 1.29 is 9.84 Å². The third-order valence-electron chi connectivity index (χ3n) is 2.30. The molecule has 0 spiro atoms. The SMILES string of the molecule is COc1c(Cl)cc(C(C)CO)cc1SC. The lowest BCUT2D eigenvalue weighted by Gasteiger charge is -2.14. The lowest BCUT2D eigenvalue weighted by molar-refractivity contribution is 0.273. The predicted octanol–water partition coefficient (Wildman–Crippen LogP) is 3.17. The Morgan fingerprint density at radius 2 is 2.20 bits per heavy atom. The van der Waals surface area contributed by atoms with Gasteiger partial charge < -0.3 is 9.84 Å². The average molecular weight is 247 g/mol. The number of rotatable bonds is 4. The van der Waals surface area contributed by atoms with Crippen molar-refractivity contribution in [1.82, 2.24) is 0 Å². The Morgan fingerprint density at radius 3 is 2.67 bits per heavy atom. The first-order chi connectivity index (χ1) is 7.13. The quantitative estimate of drug-likeness (QED) is 0.828. The summed E-state index contributed by atoms with van der Waals surface area (Å²) in [6, 6.07) is 3.86. The summed E-state index contributed by atoms with van der Waals surface area (Å²) >= 11 is 7.68. The van der Waals surface area contributed by atoms with Crippen LogP contribution in [0.1, 0.15) is 18.4 Å². The van der Waals surface area contributed by atoms with Crippen molar-refractivity contribution in [3.63, 3.8) is 0 Å². The topological polar surface area (TPSA) is 29.5 Å². The molecule has 15 heavy (non-hydrogen) atoms. The van der Waals surface area contributed by atoms with E-state index in [4.69, 9.17) is 21.4 Å². The molecular formula is C11H15ClO2S. The maximum Gasteiger partial charge on any atom is 0.150 e. The highest BCUT2D eigenvalue weighted by Gasteiger charge is 2.12. The molecule has 2 nitrogen and oxygen atoms in total. The molecule has 0 aliphatic rings. The molecule has 0 radical (unpaired) electrons. The van der Waals surface area contributed by atoms with Gasteiger partial charge in [-0.3, -0.25) is 0 Å². The fraction of sp³-hybridized carbons (Fsp3) is 0.455. The molecule has 0 aliphatic heterocycles. The minimum Gasteiger partial charge on any atom is -0.494 e. The minimum atomic E-state index is 0.0966. The second kappa shape index (κ2) is 5.64. The largest absolute Gasteiger partial charge is 0.494 e. The zero-order valence-corrected chi connectivity index (χ0v) is 10.7. The van der Waals surface area contributed by atoms with Gasteiger partial charge in [-0.2, -0.15) is 0 Å². The van der Waals surface area contributed by atoms with Crippen LogP contribution in [0.5, 0.6) is 5.75 Å². The molecule has 0 aromatic heterocycles. The Bertz CT molecular complexity index is 342. The highest BCUT2D eigenvalue weighted by atomic mass is 35.5. The van der Waals surface area contributed by atoms with E-state index in [1.54, 1.807) is 18.9 Å². The van der Waals surface area contributed by atoms with Gasteiger partial charge in [-0.1, -0.05) is 18.5 Å². The van der Waals surface area contributed by atoms with Gasteiger partial charge in [-0.25, -0.2) is 0 Å². The van der Waals surface area contributed by atoms with E-state index < -0.39 is 0 Å². The van der Waals surface area contributed by atoms with Crippen molar-refractivity contribution >= 4 is 23.4 Å². The van der Waals surface area contributed by atoms with Crippen LogP contribution in [-0.4, -0.2) is 25.1 Å². The Hall–Kier alpha value is -0.380. The molecule has 1 aromatic rings. The van der Waals surface area contributed by atoms with Crippen LogP contribution in [0.25, 0.3) is 0 Å². The Morgan fingerprint density at radius 1 is 1.53 bits per heavy atom. The van der Waals surface area contributed by atoms with Crippen molar-refractivity contribution in [2.45, 2.75) is 17.7 Å². The van der Waals surface area contributed by atoms with Crippen molar-refractivity contribution in [2.75, 3.05) is 20.0 Å². The first kappa shape index (κ1) is 12.7. The number of hydrogen-bond donors (Lipinski definition) is 1. The molecule has 0 bridgehead atoms. The van der Waals surface area contributed by atoms with Crippen LogP contribution in [0.15, 0.2) is 17.0 Å². The summed E-state index contributed by atoms with van der Waals surface area (Å²) < 4.78 is 5.22. The molecule has 0 fully saturated rings. The molecule has 0 heterocycles. The predicted molar refractivity (Wildman–Crippen MR) is 65.3 cm³/mol. The van der Waals surface area contributed by atoms with Gasteiger partial charge in [0.1, 0.15) is 0 Å². The molecule has 1 atom stereocenters. The van der Waals surface area contributed by atoms with Crippen molar-refractivity contribution in [3.8, 4) is 5.75 Å². The summed E-state index contributed by atoms with van der Waals surface area (Å²) in [6.45, 7) is 2.08. The first-order valence-electron chi connectivity index (χ1n) is 4.66. The summed E-state index contributed by atoms with van der Waals surface area (Å²) in [4.78, 5) is 1.00. The van der Waals surface area contributed by atoms with E-state index >= 15 is 0 Å². The van der Waals surface area contributed by atoms with E-state index in [2.05, 4.69) is 0 Å². The van der Waals surface area contributed by atoms with Gasteiger partial charge in [0.15, 0.2) is 5.75 Å². The summed E-state index contributed by atoms with van der Waals surface area (Å²) in [5.41, 5.74) is 1.03. The molecule has 4 heteroatoms. The number of benzene rings is 1. The third kappa shape index (κ3) is 2.80. The Balaban J connectivity index is 3.19. The average Bonchev–Trinajstić information content (AvgIpc) is 2.26. The van der Waals surface area contributed by atoms with Crippen LogP contribution in [0.3, 0.4) is 0 Å². The molecule has 0 amide bonds. The Labute approximate surface area is 99.6 Å². The van der Waals surface area contributed by atoms with Gasteiger partial charge in [0.2, 0.25) is 0 Å². The fourth-order valence-electron chi connectivity index (χ4n) is 1.33. The van der Waals surface area contributed by atoms with Gasteiger partial charge in [0.05, 0.1) is 17.0 Å². The van der Waals surface area contributed by atoms with Gasteiger partial charge in [-0.05, 0) is 24.0 Å². The highest BCUT2D eigenvalue weighted by molar-refractivity contribution is 7.98. The van der Waals surface area contributed by atoms with Crippen molar-refractivity contribution in [2.24, 2.45) is 0 Å². The van der Waals surface area contributed by atoms with Crippen LogP contribution in [-0.2, 0) is 0 Å². The highest BCUT2D eigenvalue weighted by Crippen LogP contribution is 2.37. The fourth-order valence-corrected chi connectivity index (χ4v) is 2.32. The summed E-state index contributed by atoms with van der Waals surface area (Å²) in [5.74, 6) is 0.803. The normalized spacial score (nSPS) is 12.6. The van der Waals surface area contributed by atoms with Gasteiger partial charge in [-0.15, -0.1) is 11.8 Å². The monoisotopic (exact) mass is 246 g/mol. The van der Waals surface area contributed by atoms with Gasteiger partial charge >= 0.3 is 0 Å². The second-order valence-electron chi connectivity index (χ2n) is 3.32. The third-order valence-corrected chi connectivity index (χ3v) is 3.32. The zero-order valence-electron chi connectivity index (χ0n) is 9.08. The van der Waals surface area contributed by atoms with Crippen molar-refractivity contribution in [1.29, 1.82) is 0 Å². The van der Waals surface area contributed by atoms with E-state index in [0.29, 0.717) is 10.8 Å². The lowest BCUT2D eigenvalue weighted by Crippen LogP contribution is -2.00. The van der Waals surface area contributed by atoms with Crippen LogP contribution in [0, 0.1) is 0 Å².